The van der Waals surface area contributed by atoms with Crippen LogP contribution in [0.25, 0.3) is 0 Å². The number of Topliss-reactive ketones (excluding diaryl/α,β-unsaturated/α-hetero) is 1. The van der Waals surface area contributed by atoms with E-state index in [-0.39, 0.29) is 5.78 Å². The lowest BCUT2D eigenvalue weighted by molar-refractivity contribution is 0.0636. The maximum absolute atomic E-state index is 11.6. The van der Waals surface area contributed by atoms with E-state index < -0.39 is 11.7 Å². The molecule has 0 saturated heterocycles. The molecule has 0 aliphatic carbocycles. The molecule has 1 amide bonds. The highest BCUT2D eigenvalue weighted by Gasteiger charge is 2.16. The minimum atomic E-state index is -0.535. The highest BCUT2D eigenvalue weighted by Crippen LogP contribution is 2.13. The zero-order chi connectivity index (χ0) is 14.5. The highest BCUT2D eigenvalue weighted by molar-refractivity contribution is 5.98. The SMILES string of the molecule is CNCC(=O)c1ccc(NC(=O)OC(C)(C)C)cc1. The summed E-state index contributed by atoms with van der Waals surface area (Å²) >= 11 is 0. The van der Waals surface area contributed by atoms with Crippen LogP contribution in [0, 0.1) is 0 Å². The van der Waals surface area contributed by atoms with Crippen molar-refractivity contribution in [3.8, 4) is 0 Å². The Morgan fingerprint density at radius 3 is 2.21 bits per heavy atom. The fraction of sp³-hybridized carbons (Fsp3) is 0.429. The van der Waals surface area contributed by atoms with Crippen molar-refractivity contribution in [1.82, 2.24) is 5.32 Å². The maximum atomic E-state index is 11.6. The summed E-state index contributed by atoms with van der Waals surface area (Å²) in [6, 6.07) is 6.69. The van der Waals surface area contributed by atoms with Crippen LogP contribution < -0.4 is 10.6 Å². The van der Waals surface area contributed by atoms with Gasteiger partial charge in [-0.25, -0.2) is 4.79 Å². The average Bonchev–Trinajstić information content (AvgIpc) is 2.27. The summed E-state index contributed by atoms with van der Waals surface area (Å²) in [4.78, 5) is 23.1. The van der Waals surface area contributed by atoms with E-state index in [0.717, 1.165) is 0 Å². The molecule has 1 aromatic carbocycles. The summed E-state index contributed by atoms with van der Waals surface area (Å²) in [5.41, 5.74) is 0.659. The third-order valence-electron chi connectivity index (χ3n) is 2.19. The average molecular weight is 264 g/mol. The monoisotopic (exact) mass is 264 g/mol. The molecule has 0 aromatic heterocycles. The van der Waals surface area contributed by atoms with E-state index >= 15 is 0 Å². The molecule has 0 spiro atoms. The molecule has 5 heteroatoms. The quantitative estimate of drug-likeness (QED) is 0.820. The fourth-order valence-electron chi connectivity index (χ4n) is 1.42. The minimum Gasteiger partial charge on any atom is -0.444 e. The van der Waals surface area contributed by atoms with Crippen LogP contribution in [0.15, 0.2) is 24.3 Å². The molecule has 0 bridgehead atoms. The molecular weight excluding hydrogens is 244 g/mol. The molecule has 0 atom stereocenters. The number of benzene rings is 1. The topological polar surface area (TPSA) is 67.4 Å². The van der Waals surface area contributed by atoms with Gasteiger partial charge >= 0.3 is 6.09 Å². The molecule has 0 unspecified atom stereocenters. The smallest absolute Gasteiger partial charge is 0.412 e. The Balaban J connectivity index is 2.62. The summed E-state index contributed by atoms with van der Waals surface area (Å²) in [6.07, 6.45) is -0.512. The van der Waals surface area contributed by atoms with Crippen LogP contribution in [0.5, 0.6) is 0 Å². The van der Waals surface area contributed by atoms with Crippen LogP contribution in [0.1, 0.15) is 31.1 Å². The van der Waals surface area contributed by atoms with E-state index in [1.54, 1.807) is 52.1 Å². The van der Waals surface area contributed by atoms with Gasteiger partial charge in [-0.2, -0.15) is 0 Å². The molecule has 1 rings (SSSR count). The van der Waals surface area contributed by atoms with E-state index in [1.165, 1.54) is 0 Å². The minimum absolute atomic E-state index is 0.00585. The molecular formula is C14H20N2O3. The largest absolute Gasteiger partial charge is 0.444 e. The summed E-state index contributed by atoms with van der Waals surface area (Å²) in [5.74, 6) is 0.00585. The van der Waals surface area contributed by atoms with Crippen molar-refractivity contribution in [2.24, 2.45) is 0 Å². The zero-order valence-electron chi connectivity index (χ0n) is 11.7. The van der Waals surface area contributed by atoms with Crippen LogP contribution >= 0.6 is 0 Å². The summed E-state index contributed by atoms with van der Waals surface area (Å²) in [7, 11) is 1.72. The molecule has 0 radical (unpaired) electrons. The van der Waals surface area contributed by atoms with Crippen LogP contribution in [-0.4, -0.2) is 31.1 Å². The molecule has 0 heterocycles. The van der Waals surface area contributed by atoms with Gasteiger partial charge in [-0.15, -0.1) is 0 Å². The molecule has 0 fully saturated rings. The van der Waals surface area contributed by atoms with E-state index in [9.17, 15) is 9.59 Å². The second kappa shape index (κ2) is 6.33. The number of hydrogen-bond donors (Lipinski definition) is 2. The summed E-state index contributed by atoms with van der Waals surface area (Å²) in [6.45, 7) is 5.68. The number of anilines is 1. The van der Waals surface area contributed by atoms with E-state index in [4.69, 9.17) is 4.74 Å². The molecule has 1 aromatic rings. The normalized spacial score (nSPS) is 10.9. The van der Waals surface area contributed by atoms with Crippen molar-refractivity contribution >= 4 is 17.6 Å². The first-order valence-electron chi connectivity index (χ1n) is 6.09. The van der Waals surface area contributed by atoms with Gasteiger partial charge in [0.15, 0.2) is 5.78 Å². The van der Waals surface area contributed by atoms with Gasteiger partial charge in [0.25, 0.3) is 0 Å². The molecule has 2 N–H and O–H groups in total. The van der Waals surface area contributed by atoms with Crippen molar-refractivity contribution in [3.63, 3.8) is 0 Å². The number of hydrogen-bond acceptors (Lipinski definition) is 4. The standard InChI is InChI=1S/C14H20N2O3/c1-14(2,3)19-13(18)16-11-7-5-10(6-8-11)12(17)9-15-4/h5-8,15H,9H2,1-4H3,(H,16,18). The lowest BCUT2D eigenvalue weighted by Gasteiger charge is -2.19. The van der Waals surface area contributed by atoms with Gasteiger partial charge in [-0.05, 0) is 52.1 Å². The Hall–Kier alpha value is -1.88. The van der Waals surface area contributed by atoms with E-state index in [1.807, 2.05) is 0 Å². The van der Waals surface area contributed by atoms with Gasteiger partial charge < -0.3 is 10.1 Å². The Morgan fingerprint density at radius 2 is 1.74 bits per heavy atom. The Bertz CT molecular complexity index is 447. The van der Waals surface area contributed by atoms with Crippen molar-refractivity contribution in [3.05, 3.63) is 29.8 Å². The number of ether oxygens (including phenoxy) is 1. The van der Waals surface area contributed by atoms with Crippen molar-refractivity contribution in [2.75, 3.05) is 18.9 Å². The first-order valence-corrected chi connectivity index (χ1v) is 6.09. The number of likely N-dealkylation sites (N-methyl/N-ethyl adjacent to an activating group) is 1. The van der Waals surface area contributed by atoms with Gasteiger partial charge in [0.2, 0.25) is 0 Å². The molecule has 5 nitrogen and oxygen atoms in total. The Labute approximate surface area is 113 Å². The third kappa shape index (κ3) is 5.52. The summed E-state index contributed by atoms with van der Waals surface area (Å²) in [5, 5.41) is 5.41. The van der Waals surface area contributed by atoms with Crippen LogP contribution in [-0.2, 0) is 4.74 Å². The van der Waals surface area contributed by atoms with Crippen molar-refractivity contribution in [2.45, 2.75) is 26.4 Å². The third-order valence-corrected chi connectivity index (χ3v) is 2.19. The van der Waals surface area contributed by atoms with Gasteiger partial charge in [0.05, 0.1) is 6.54 Å². The number of ketones is 1. The van der Waals surface area contributed by atoms with Crippen LogP contribution in [0.4, 0.5) is 10.5 Å². The fourth-order valence-corrected chi connectivity index (χ4v) is 1.42. The maximum Gasteiger partial charge on any atom is 0.412 e. The highest BCUT2D eigenvalue weighted by atomic mass is 16.6. The van der Waals surface area contributed by atoms with Crippen molar-refractivity contribution in [1.29, 1.82) is 0 Å². The zero-order valence-corrected chi connectivity index (χ0v) is 11.7. The van der Waals surface area contributed by atoms with Gasteiger partial charge in [-0.3, -0.25) is 10.1 Å². The predicted molar refractivity (Wildman–Crippen MR) is 74.6 cm³/mol. The van der Waals surface area contributed by atoms with Gasteiger partial charge in [0, 0.05) is 11.3 Å². The lowest BCUT2D eigenvalue weighted by Crippen LogP contribution is -2.27. The molecule has 104 valence electrons. The number of rotatable bonds is 4. The summed E-state index contributed by atoms with van der Waals surface area (Å²) < 4.78 is 5.13. The second-order valence-electron chi connectivity index (χ2n) is 5.16. The number of amides is 1. The molecule has 0 saturated carbocycles. The number of carbonyl (C=O) groups excluding carboxylic acids is 2. The van der Waals surface area contributed by atoms with Crippen LogP contribution in [0.3, 0.4) is 0 Å². The lowest BCUT2D eigenvalue weighted by atomic mass is 10.1. The number of carbonyl (C=O) groups is 2. The predicted octanol–water partition coefficient (Wildman–Crippen LogP) is 2.44. The van der Waals surface area contributed by atoms with Gasteiger partial charge in [0.1, 0.15) is 5.60 Å². The van der Waals surface area contributed by atoms with E-state index in [2.05, 4.69) is 10.6 Å². The molecule has 0 aliphatic rings. The van der Waals surface area contributed by atoms with Crippen LogP contribution in [0.2, 0.25) is 0 Å². The molecule has 19 heavy (non-hydrogen) atoms. The second-order valence-corrected chi connectivity index (χ2v) is 5.16. The first kappa shape index (κ1) is 15.2. The van der Waals surface area contributed by atoms with E-state index in [0.29, 0.717) is 17.8 Å². The number of nitrogens with one attached hydrogen (secondary N) is 2. The first-order chi connectivity index (χ1) is 8.81. The Morgan fingerprint density at radius 1 is 1.16 bits per heavy atom. The Kier molecular flexibility index (Phi) is 5.06. The molecule has 0 aliphatic heterocycles. The van der Waals surface area contributed by atoms with Gasteiger partial charge in [-0.1, -0.05) is 0 Å². The van der Waals surface area contributed by atoms with Crippen molar-refractivity contribution < 1.29 is 14.3 Å².